The van der Waals surface area contributed by atoms with E-state index in [-0.39, 0.29) is 17.5 Å². The van der Waals surface area contributed by atoms with Gasteiger partial charge in [0.25, 0.3) is 0 Å². The molecular formula is C16H18FNO2. The number of phenols is 1. The van der Waals surface area contributed by atoms with Gasteiger partial charge < -0.3 is 15.6 Å². The van der Waals surface area contributed by atoms with Gasteiger partial charge in [0.15, 0.2) is 11.5 Å². The Labute approximate surface area is 117 Å². The molecule has 0 heterocycles. The van der Waals surface area contributed by atoms with Gasteiger partial charge in [-0.25, -0.2) is 4.39 Å². The van der Waals surface area contributed by atoms with E-state index < -0.39 is 0 Å². The van der Waals surface area contributed by atoms with Crippen molar-refractivity contribution < 1.29 is 14.2 Å². The Kier molecular flexibility index (Phi) is 4.58. The molecule has 1 atom stereocenters. The summed E-state index contributed by atoms with van der Waals surface area (Å²) in [5, 5.41) is 10.1. The lowest BCUT2D eigenvalue weighted by Crippen LogP contribution is -2.15. The van der Waals surface area contributed by atoms with Crippen LogP contribution in [0.25, 0.3) is 0 Å². The third-order valence-corrected chi connectivity index (χ3v) is 3.39. The lowest BCUT2D eigenvalue weighted by atomic mass is 9.91. The number of para-hydroxylation sites is 1. The second-order valence-corrected chi connectivity index (χ2v) is 4.66. The summed E-state index contributed by atoms with van der Waals surface area (Å²) in [6, 6.07) is 11.7. The highest BCUT2D eigenvalue weighted by Crippen LogP contribution is 2.32. The van der Waals surface area contributed by atoms with Crippen LogP contribution in [-0.2, 0) is 6.42 Å². The Morgan fingerprint density at radius 3 is 2.50 bits per heavy atom. The molecule has 106 valence electrons. The van der Waals surface area contributed by atoms with Crippen molar-refractivity contribution in [3.8, 4) is 11.5 Å². The Hall–Kier alpha value is -2.07. The number of benzene rings is 2. The van der Waals surface area contributed by atoms with Gasteiger partial charge in [-0.3, -0.25) is 0 Å². The molecule has 0 aromatic heterocycles. The van der Waals surface area contributed by atoms with Crippen LogP contribution in [-0.4, -0.2) is 18.8 Å². The van der Waals surface area contributed by atoms with Gasteiger partial charge in [-0.1, -0.05) is 24.3 Å². The number of hydrogen-bond donors (Lipinski definition) is 2. The first kappa shape index (κ1) is 14.3. The van der Waals surface area contributed by atoms with E-state index in [1.54, 1.807) is 18.2 Å². The van der Waals surface area contributed by atoms with Crippen molar-refractivity contribution in [3.05, 3.63) is 59.4 Å². The Bertz CT molecular complexity index is 569. The van der Waals surface area contributed by atoms with Crippen LogP contribution in [0.3, 0.4) is 0 Å². The summed E-state index contributed by atoms with van der Waals surface area (Å²) in [6.45, 7) is 0.419. The fraction of sp³-hybridized carbons (Fsp3) is 0.250. The Morgan fingerprint density at radius 1 is 1.20 bits per heavy atom. The number of phenolic OH excluding ortho intramolecular Hbond substituents is 1. The number of aromatic hydroxyl groups is 1. The number of methoxy groups -OCH3 is 1. The number of halogens is 1. The van der Waals surface area contributed by atoms with Gasteiger partial charge in [0.2, 0.25) is 0 Å². The van der Waals surface area contributed by atoms with Crippen LogP contribution >= 0.6 is 0 Å². The van der Waals surface area contributed by atoms with Crippen molar-refractivity contribution in [2.45, 2.75) is 12.3 Å². The van der Waals surface area contributed by atoms with Crippen LogP contribution in [0.5, 0.6) is 11.5 Å². The zero-order valence-corrected chi connectivity index (χ0v) is 11.3. The van der Waals surface area contributed by atoms with Gasteiger partial charge in [0.1, 0.15) is 5.82 Å². The quantitative estimate of drug-likeness (QED) is 0.882. The molecule has 20 heavy (non-hydrogen) atoms. The summed E-state index contributed by atoms with van der Waals surface area (Å²) in [5.41, 5.74) is 7.53. The molecule has 0 amide bonds. The van der Waals surface area contributed by atoms with Crippen molar-refractivity contribution in [1.82, 2.24) is 0 Å². The van der Waals surface area contributed by atoms with E-state index in [1.165, 1.54) is 19.2 Å². The molecule has 0 saturated carbocycles. The second kappa shape index (κ2) is 6.39. The molecule has 2 rings (SSSR count). The molecule has 0 bridgehead atoms. The molecule has 0 spiro atoms. The maximum absolute atomic E-state index is 13.0. The Morgan fingerprint density at radius 2 is 1.90 bits per heavy atom. The maximum atomic E-state index is 13.0. The minimum Gasteiger partial charge on any atom is -0.504 e. The number of ether oxygens (including phenoxy) is 1. The third-order valence-electron chi connectivity index (χ3n) is 3.39. The smallest absolute Gasteiger partial charge is 0.160 e. The molecule has 0 aliphatic rings. The summed E-state index contributed by atoms with van der Waals surface area (Å²) >= 11 is 0. The normalized spacial score (nSPS) is 12.2. The third kappa shape index (κ3) is 3.08. The largest absolute Gasteiger partial charge is 0.504 e. The molecule has 0 aliphatic carbocycles. The van der Waals surface area contributed by atoms with E-state index in [2.05, 4.69) is 0 Å². The lowest BCUT2D eigenvalue weighted by molar-refractivity contribution is 0.370. The maximum Gasteiger partial charge on any atom is 0.160 e. The first-order valence-electron chi connectivity index (χ1n) is 6.46. The van der Waals surface area contributed by atoms with E-state index in [0.717, 1.165) is 11.1 Å². The predicted molar refractivity (Wildman–Crippen MR) is 76.6 cm³/mol. The van der Waals surface area contributed by atoms with Crippen LogP contribution in [0.4, 0.5) is 4.39 Å². The molecule has 4 heteroatoms. The van der Waals surface area contributed by atoms with Crippen molar-refractivity contribution in [3.63, 3.8) is 0 Å². The average Bonchev–Trinajstić information content (AvgIpc) is 2.47. The van der Waals surface area contributed by atoms with Crippen molar-refractivity contribution in [2.75, 3.05) is 13.7 Å². The van der Waals surface area contributed by atoms with E-state index in [4.69, 9.17) is 10.5 Å². The SMILES string of the molecule is COc1cccc(CC(CN)c2ccc(F)cc2)c1O. The van der Waals surface area contributed by atoms with Crippen LogP contribution in [0.2, 0.25) is 0 Å². The van der Waals surface area contributed by atoms with E-state index in [0.29, 0.717) is 18.7 Å². The van der Waals surface area contributed by atoms with Gasteiger partial charge in [-0.2, -0.15) is 0 Å². The average molecular weight is 275 g/mol. The number of hydrogen-bond acceptors (Lipinski definition) is 3. The molecule has 2 aromatic carbocycles. The van der Waals surface area contributed by atoms with Crippen LogP contribution < -0.4 is 10.5 Å². The number of nitrogens with two attached hydrogens (primary N) is 1. The van der Waals surface area contributed by atoms with E-state index >= 15 is 0 Å². The summed E-state index contributed by atoms with van der Waals surface area (Å²) in [7, 11) is 1.51. The fourth-order valence-corrected chi connectivity index (χ4v) is 2.23. The zero-order chi connectivity index (χ0) is 14.5. The van der Waals surface area contributed by atoms with Crippen LogP contribution in [0.1, 0.15) is 17.0 Å². The molecule has 0 saturated heterocycles. The summed E-state index contributed by atoms with van der Waals surface area (Å²) in [5.74, 6) is 0.329. The summed E-state index contributed by atoms with van der Waals surface area (Å²) in [6.07, 6.45) is 0.575. The van der Waals surface area contributed by atoms with Crippen molar-refractivity contribution >= 4 is 0 Å². The fourth-order valence-electron chi connectivity index (χ4n) is 2.23. The van der Waals surface area contributed by atoms with E-state index in [9.17, 15) is 9.50 Å². The Balaban J connectivity index is 2.24. The molecule has 2 aromatic rings. The molecule has 0 radical (unpaired) electrons. The van der Waals surface area contributed by atoms with Gasteiger partial charge in [0.05, 0.1) is 7.11 Å². The minimum atomic E-state index is -0.270. The minimum absolute atomic E-state index is 0.0219. The molecule has 3 N–H and O–H groups in total. The van der Waals surface area contributed by atoms with Gasteiger partial charge in [0, 0.05) is 5.92 Å². The standard InChI is InChI=1S/C16H18FNO2/c1-20-15-4-2-3-12(16(15)19)9-13(10-18)11-5-7-14(17)8-6-11/h2-8,13,19H,9-10,18H2,1H3. The molecule has 3 nitrogen and oxygen atoms in total. The lowest BCUT2D eigenvalue weighted by Gasteiger charge is -2.17. The topological polar surface area (TPSA) is 55.5 Å². The molecule has 1 unspecified atom stereocenters. The summed E-state index contributed by atoms with van der Waals surface area (Å²) in [4.78, 5) is 0. The van der Waals surface area contributed by atoms with Crippen molar-refractivity contribution in [1.29, 1.82) is 0 Å². The van der Waals surface area contributed by atoms with Crippen LogP contribution in [0.15, 0.2) is 42.5 Å². The highest BCUT2D eigenvalue weighted by Gasteiger charge is 2.15. The number of rotatable bonds is 5. The van der Waals surface area contributed by atoms with Crippen LogP contribution in [0, 0.1) is 5.82 Å². The van der Waals surface area contributed by atoms with Gasteiger partial charge in [-0.05, 0) is 42.3 Å². The second-order valence-electron chi connectivity index (χ2n) is 4.66. The highest BCUT2D eigenvalue weighted by atomic mass is 19.1. The highest BCUT2D eigenvalue weighted by molar-refractivity contribution is 5.46. The first-order chi connectivity index (χ1) is 9.65. The predicted octanol–water partition coefficient (Wildman–Crippen LogP) is 2.82. The molecule has 0 aliphatic heterocycles. The monoisotopic (exact) mass is 275 g/mol. The molecule has 0 fully saturated rings. The summed E-state index contributed by atoms with van der Waals surface area (Å²) < 4.78 is 18.0. The van der Waals surface area contributed by atoms with Gasteiger partial charge in [-0.15, -0.1) is 0 Å². The zero-order valence-electron chi connectivity index (χ0n) is 11.3. The van der Waals surface area contributed by atoms with E-state index in [1.807, 2.05) is 12.1 Å². The van der Waals surface area contributed by atoms with Crippen molar-refractivity contribution in [2.24, 2.45) is 5.73 Å². The molecular weight excluding hydrogens is 257 g/mol. The first-order valence-corrected chi connectivity index (χ1v) is 6.46. The van der Waals surface area contributed by atoms with Gasteiger partial charge >= 0.3 is 0 Å².